The van der Waals surface area contributed by atoms with Gasteiger partial charge in [0.1, 0.15) is 5.82 Å². The molecule has 3 heteroatoms. The number of nitrogens with zero attached hydrogens (tertiary/aromatic N) is 1. The minimum Gasteiger partial charge on any atom is -0.306 e. The Bertz CT molecular complexity index is 792. The van der Waals surface area contributed by atoms with Gasteiger partial charge in [-0.15, -0.1) is 0 Å². The largest absolute Gasteiger partial charge is 0.306 e. The summed E-state index contributed by atoms with van der Waals surface area (Å²) >= 11 is 0. The van der Waals surface area contributed by atoms with Crippen molar-refractivity contribution in [3.63, 3.8) is 0 Å². The van der Waals surface area contributed by atoms with Crippen LogP contribution < -0.4 is 4.90 Å². The van der Waals surface area contributed by atoms with Crippen molar-refractivity contribution in [1.82, 2.24) is 0 Å². The predicted octanol–water partition coefficient (Wildman–Crippen LogP) is 5.33. The molecule has 1 aliphatic rings. The molecule has 2 aromatic rings. The first-order chi connectivity index (χ1) is 12.0. The predicted molar refractivity (Wildman–Crippen MR) is 101 cm³/mol. The van der Waals surface area contributed by atoms with Crippen LogP contribution in [0.3, 0.4) is 0 Å². The monoisotopic (exact) mass is 337 g/mol. The van der Waals surface area contributed by atoms with Crippen molar-refractivity contribution in [2.75, 3.05) is 4.90 Å². The molecule has 0 saturated carbocycles. The van der Waals surface area contributed by atoms with Crippen LogP contribution in [0.2, 0.25) is 0 Å². The van der Waals surface area contributed by atoms with Gasteiger partial charge in [-0.3, -0.25) is 4.79 Å². The topological polar surface area (TPSA) is 20.3 Å². The molecule has 0 N–H and O–H groups in total. The van der Waals surface area contributed by atoms with Gasteiger partial charge in [0.25, 0.3) is 5.91 Å². The van der Waals surface area contributed by atoms with Gasteiger partial charge in [-0.05, 0) is 66.6 Å². The van der Waals surface area contributed by atoms with E-state index >= 15 is 0 Å². The van der Waals surface area contributed by atoms with Crippen LogP contribution in [0.4, 0.5) is 10.1 Å². The average molecular weight is 337 g/mol. The van der Waals surface area contributed by atoms with Crippen LogP contribution in [0, 0.1) is 5.82 Å². The minimum atomic E-state index is -0.249. The Kier molecular flexibility index (Phi) is 5.03. The lowest BCUT2D eigenvalue weighted by Crippen LogP contribution is -2.41. The summed E-state index contributed by atoms with van der Waals surface area (Å²) in [6.45, 7) is 6.36. The number of benzene rings is 2. The second-order valence-electron chi connectivity index (χ2n) is 7.02. The second-order valence-corrected chi connectivity index (χ2v) is 7.02. The van der Waals surface area contributed by atoms with E-state index in [1.807, 2.05) is 25.1 Å². The maximum absolute atomic E-state index is 13.5. The quantitative estimate of drug-likeness (QED) is 0.693. The third kappa shape index (κ3) is 3.81. The Labute approximate surface area is 149 Å². The first-order valence-electron chi connectivity index (χ1n) is 8.85. The second kappa shape index (κ2) is 7.22. The van der Waals surface area contributed by atoms with Crippen LogP contribution in [-0.4, -0.2) is 11.9 Å². The highest BCUT2D eigenvalue weighted by molar-refractivity contribution is 6.05. The lowest BCUT2D eigenvalue weighted by molar-refractivity contribution is -0.114. The molecule has 0 aromatic heterocycles. The number of amides is 1. The number of hydrogen-bond acceptors (Lipinski definition) is 1. The zero-order valence-electron chi connectivity index (χ0n) is 15.0. The molecule has 1 unspecified atom stereocenters. The van der Waals surface area contributed by atoms with Crippen molar-refractivity contribution >= 4 is 17.7 Å². The lowest BCUT2D eigenvalue weighted by atomic mass is 9.96. The van der Waals surface area contributed by atoms with Crippen LogP contribution in [0.5, 0.6) is 0 Å². The highest BCUT2D eigenvalue weighted by Gasteiger charge is 2.27. The molecule has 1 heterocycles. The summed E-state index contributed by atoms with van der Waals surface area (Å²) < 4.78 is 13.5. The van der Waals surface area contributed by atoms with Crippen LogP contribution in [0.25, 0.3) is 6.08 Å². The molecule has 0 spiro atoms. The zero-order chi connectivity index (χ0) is 18.0. The number of carbonyl (C=O) groups is 1. The van der Waals surface area contributed by atoms with E-state index in [4.69, 9.17) is 0 Å². The lowest BCUT2D eigenvalue weighted by Gasteiger charge is -2.34. The van der Waals surface area contributed by atoms with Crippen molar-refractivity contribution in [3.8, 4) is 0 Å². The van der Waals surface area contributed by atoms with Crippen LogP contribution >= 0.6 is 0 Å². The van der Waals surface area contributed by atoms with Crippen molar-refractivity contribution in [2.45, 2.75) is 45.6 Å². The molecule has 1 atom stereocenters. The van der Waals surface area contributed by atoms with Crippen LogP contribution in [0.1, 0.15) is 49.8 Å². The number of carbonyl (C=O) groups excluding carboxylic acids is 1. The van der Waals surface area contributed by atoms with Gasteiger partial charge in [-0.1, -0.05) is 38.1 Å². The fraction of sp³-hybridized carbons (Fsp3) is 0.318. The van der Waals surface area contributed by atoms with Gasteiger partial charge in [0, 0.05) is 17.8 Å². The molecular formula is C22H24FNO. The number of aryl methyl sites for hydroxylation is 1. The van der Waals surface area contributed by atoms with Gasteiger partial charge in [0.15, 0.2) is 0 Å². The van der Waals surface area contributed by atoms with E-state index in [1.165, 1.54) is 17.7 Å². The number of rotatable bonds is 3. The van der Waals surface area contributed by atoms with Gasteiger partial charge in [-0.2, -0.15) is 0 Å². The number of anilines is 1. The Balaban J connectivity index is 1.81. The Morgan fingerprint density at radius 1 is 1.20 bits per heavy atom. The smallest absolute Gasteiger partial charge is 0.251 e. The fourth-order valence-corrected chi connectivity index (χ4v) is 3.30. The van der Waals surface area contributed by atoms with Gasteiger partial charge in [-0.25, -0.2) is 4.39 Å². The highest BCUT2D eigenvalue weighted by atomic mass is 19.1. The van der Waals surface area contributed by atoms with E-state index in [-0.39, 0.29) is 17.8 Å². The van der Waals surface area contributed by atoms with Crippen molar-refractivity contribution in [2.24, 2.45) is 0 Å². The average Bonchev–Trinajstić information content (AvgIpc) is 2.60. The third-order valence-electron chi connectivity index (χ3n) is 4.83. The molecule has 0 aliphatic carbocycles. The molecular weight excluding hydrogens is 313 g/mol. The number of halogens is 1. The molecule has 0 fully saturated rings. The first kappa shape index (κ1) is 17.4. The maximum Gasteiger partial charge on any atom is 0.251 e. The Morgan fingerprint density at radius 3 is 2.60 bits per heavy atom. The molecule has 1 aliphatic heterocycles. The van der Waals surface area contributed by atoms with Gasteiger partial charge in [0.05, 0.1) is 0 Å². The van der Waals surface area contributed by atoms with E-state index in [2.05, 4.69) is 26.0 Å². The van der Waals surface area contributed by atoms with Crippen molar-refractivity contribution < 1.29 is 9.18 Å². The van der Waals surface area contributed by atoms with Crippen molar-refractivity contribution in [1.29, 1.82) is 0 Å². The summed E-state index contributed by atoms with van der Waals surface area (Å²) in [6.07, 6.45) is 5.10. The van der Waals surface area contributed by atoms with E-state index in [0.29, 0.717) is 5.92 Å². The van der Waals surface area contributed by atoms with Gasteiger partial charge in [0.2, 0.25) is 0 Å². The highest BCUT2D eigenvalue weighted by Crippen LogP contribution is 2.31. The van der Waals surface area contributed by atoms with E-state index < -0.39 is 0 Å². The zero-order valence-corrected chi connectivity index (χ0v) is 15.0. The summed E-state index contributed by atoms with van der Waals surface area (Å²) in [4.78, 5) is 14.5. The van der Waals surface area contributed by atoms with E-state index in [1.54, 1.807) is 17.0 Å². The molecule has 1 amide bonds. The minimum absolute atomic E-state index is 0.0620. The Morgan fingerprint density at radius 2 is 1.92 bits per heavy atom. The summed E-state index contributed by atoms with van der Waals surface area (Å²) in [5.41, 5.74) is 4.01. The molecule has 130 valence electrons. The van der Waals surface area contributed by atoms with Crippen molar-refractivity contribution in [3.05, 3.63) is 71.0 Å². The van der Waals surface area contributed by atoms with Crippen LogP contribution in [0.15, 0.2) is 48.5 Å². The summed E-state index contributed by atoms with van der Waals surface area (Å²) in [6, 6.07) is 13.0. The van der Waals surface area contributed by atoms with E-state index in [9.17, 15) is 9.18 Å². The molecule has 0 saturated heterocycles. The normalized spacial score (nSPS) is 17.2. The molecule has 25 heavy (non-hydrogen) atoms. The summed E-state index contributed by atoms with van der Waals surface area (Å²) in [5.74, 6) is 0.181. The Hall–Kier alpha value is -2.42. The first-order valence-corrected chi connectivity index (χ1v) is 8.85. The molecule has 2 aromatic carbocycles. The summed E-state index contributed by atoms with van der Waals surface area (Å²) in [5, 5.41) is 0. The number of fused-ring (bicyclic) bond motifs is 1. The molecule has 3 rings (SSSR count). The SMILES string of the molecule is CC(C)c1ccc(C=CC(=O)N2c3ccc(F)cc3CCC2C)cc1. The van der Waals surface area contributed by atoms with Gasteiger partial charge >= 0.3 is 0 Å². The third-order valence-corrected chi connectivity index (χ3v) is 4.83. The number of hydrogen-bond donors (Lipinski definition) is 0. The fourth-order valence-electron chi connectivity index (χ4n) is 3.30. The summed E-state index contributed by atoms with van der Waals surface area (Å²) in [7, 11) is 0. The maximum atomic E-state index is 13.5. The molecule has 0 radical (unpaired) electrons. The molecule has 0 bridgehead atoms. The standard InChI is InChI=1S/C22H24FNO/c1-15(2)18-9-5-17(6-10-18)7-13-22(25)24-16(3)4-8-19-14-20(23)11-12-21(19)24/h5-7,9-16H,4,8H2,1-3H3. The van der Waals surface area contributed by atoms with Crippen LogP contribution in [-0.2, 0) is 11.2 Å². The molecule has 2 nitrogen and oxygen atoms in total. The van der Waals surface area contributed by atoms with Gasteiger partial charge < -0.3 is 4.90 Å². The van der Waals surface area contributed by atoms with E-state index in [0.717, 1.165) is 29.7 Å².